The SMILES string of the molecule is CC(C)(C)c1ccc(N2CN(c3cccc(Oc4ccc5c(c4)N(c4cc(C(C)(C)C)ccn4)c4cnccc4[Se]5)c3)c3ccc(-c4ccccc4)cc32)cc1. The first-order valence-electron chi connectivity index (χ1n) is 19.2. The van der Waals surface area contributed by atoms with Crippen LogP contribution in [0.15, 0.2) is 152 Å². The molecule has 0 fully saturated rings. The molecule has 9 rings (SSSR count). The number of hydrogen-bond donors (Lipinski definition) is 0. The van der Waals surface area contributed by atoms with Crippen LogP contribution in [0.5, 0.6) is 11.5 Å². The summed E-state index contributed by atoms with van der Waals surface area (Å²) in [4.78, 5) is 16.5. The standard InChI is InChI=1S/C49H45N5OSe/c1-48(2,3)35-16-18-37(19-17-35)52-32-53(41-21-15-34(27-42(41)52)33-11-8-7-9-12-33)38-13-10-14-39(29-38)55-40-20-22-45-43(30-40)54(44-31-50-25-24-46(44)56-45)47-28-36(23-26-51-47)49(4,5)6/h7-31H,32H2,1-6H3. The van der Waals surface area contributed by atoms with Gasteiger partial charge in [-0.2, -0.15) is 0 Å². The topological polar surface area (TPSA) is 44.7 Å². The molecule has 0 atom stereocenters. The summed E-state index contributed by atoms with van der Waals surface area (Å²) in [6.07, 6.45) is 5.76. The predicted molar refractivity (Wildman–Crippen MR) is 233 cm³/mol. The minimum absolute atomic E-state index is 0.0120. The van der Waals surface area contributed by atoms with Crippen molar-refractivity contribution in [2.24, 2.45) is 0 Å². The van der Waals surface area contributed by atoms with Crippen molar-refractivity contribution in [1.82, 2.24) is 9.97 Å². The van der Waals surface area contributed by atoms with Gasteiger partial charge in [-0.15, -0.1) is 0 Å². The third-order valence-corrected chi connectivity index (χ3v) is 13.0. The number of ether oxygens (including phenoxy) is 1. The van der Waals surface area contributed by atoms with Crippen LogP contribution < -0.4 is 28.4 Å². The van der Waals surface area contributed by atoms with Crippen LogP contribution >= 0.6 is 0 Å². The maximum Gasteiger partial charge on any atom is -0.0380 e. The fraction of sp³-hybridized carbons (Fsp3) is 0.184. The molecule has 2 aliphatic rings. The Bertz CT molecular complexity index is 2560. The summed E-state index contributed by atoms with van der Waals surface area (Å²) in [5.74, 6) is 2.43. The molecule has 7 heteroatoms. The van der Waals surface area contributed by atoms with Crippen molar-refractivity contribution in [3.63, 3.8) is 0 Å². The third kappa shape index (κ3) is 6.82. The fourth-order valence-electron chi connectivity index (χ4n) is 7.46. The van der Waals surface area contributed by atoms with Crippen molar-refractivity contribution in [2.45, 2.75) is 52.4 Å². The van der Waals surface area contributed by atoms with E-state index in [1.165, 1.54) is 42.6 Å². The largest absolute Gasteiger partial charge is 0.0564 e. The molecule has 56 heavy (non-hydrogen) atoms. The maximum atomic E-state index is 6.72. The smallest absolute Gasteiger partial charge is 0.0380 e. The van der Waals surface area contributed by atoms with Crippen LogP contribution in [0.3, 0.4) is 0 Å². The quantitative estimate of drug-likeness (QED) is 0.156. The number of hydrogen-bond acceptors (Lipinski definition) is 6. The van der Waals surface area contributed by atoms with Gasteiger partial charge in [0.2, 0.25) is 0 Å². The van der Waals surface area contributed by atoms with Crippen LogP contribution in [0.2, 0.25) is 0 Å². The van der Waals surface area contributed by atoms with Crippen molar-refractivity contribution >= 4 is 63.8 Å². The van der Waals surface area contributed by atoms with Crippen molar-refractivity contribution in [2.75, 3.05) is 21.4 Å². The molecular weight excluding hydrogens is 754 g/mol. The van der Waals surface area contributed by atoms with E-state index >= 15 is 0 Å². The molecule has 0 unspecified atom stereocenters. The van der Waals surface area contributed by atoms with Gasteiger partial charge in [0.1, 0.15) is 0 Å². The molecule has 0 radical (unpaired) electrons. The van der Waals surface area contributed by atoms with Gasteiger partial charge in [0, 0.05) is 0 Å². The maximum absolute atomic E-state index is 6.72. The van der Waals surface area contributed by atoms with E-state index in [1.807, 2.05) is 24.7 Å². The van der Waals surface area contributed by atoms with Crippen molar-refractivity contribution in [3.05, 3.63) is 163 Å². The van der Waals surface area contributed by atoms with E-state index in [0.29, 0.717) is 6.67 Å². The summed E-state index contributed by atoms with van der Waals surface area (Å²) < 4.78 is 9.28. The van der Waals surface area contributed by atoms with E-state index in [2.05, 4.69) is 189 Å². The molecule has 0 saturated heterocycles. The Kier molecular flexibility index (Phi) is 8.95. The Morgan fingerprint density at radius 3 is 2.07 bits per heavy atom. The first-order chi connectivity index (χ1) is 27.0. The van der Waals surface area contributed by atoms with Crippen molar-refractivity contribution < 1.29 is 4.74 Å². The van der Waals surface area contributed by atoms with Gasteiger partial charge in [0.05, 0.1) is 0 Å². The van der Waals surface area contributed by atoms with Gasteiger partial charge in [-0.05, 0) is 34.2 Å². The number of anilines is 7. The minimum atomic E-state index is -0.0120. The summed E-state index contributed by atoms with van der Waals surface area (Å²) >= 11 is 0.118. The monoisotopic (exact) mass is 799 g/mol. The second kappa shape index (κ2) is 14.0. The van der Waals surface area contributed by atoms with Gasteiger partial charge in [0.15, 0.2) is 0 Å². The van der Waals surface area contributed by atoms with Crippen molar-refractivity contribution in [3.8, 4) is 22.6 Å². The molecule has 0 aliphatic carbocycles. The summed E-state index contributed by atoms with van der Waals surface area (Å²) in [5.41, 5.74) is 11.7. The van der Waals surface area contributed by atoms with Crippen LogP contribution in [0.25, 0.3) is 11.1 Å². The summed E-state index contributed by atoms with van der Waals surface area (Å²) in [7, 11) is 0. The zero-order chi connectivity index (χ0) is 38.6. The first-order valence-corrected chi connectivity index (χ1v) is 20.9. The molecule has 2 aliphatic heterocycles. The predicted octanol–water partition coefficient (Wildman–Crippen LogP) is 11.2. The van der Waals surface area contributed by atoms with Gasteiger partial charge in [0.25, 0.3) is 0 Å². The molecule has 0 N–H and O–H groups in total. The average Bonchev–Trinajstić information content (AvgIpc) is 3.59. The van der Waals surface area contributed by atoms with E-state index in [4.69, 9.17) is 9.72 Å². The zero-order valence-electron chi connectivity index (χ0n) is 32.7. The average molecular weight is 799 g/mol. The fourth-order valence-corrected chi connectivity index (χ4v) is 9.57. The number of fused-ring (bicyclic) bond motifs is 3. The van der Waals surface area contributed by atoms with E-state index in [1.54, 1.807) is 0 Å². The molecule has 0 amide bonds. The number of benzene rings is 5. The van der Waals surface area contributed by atoms with Crippen LogP contribution in [0, 0.1) is 0 Å². The number of rotatable bonds is 6. The molecule has 2 aromatic heterocycles. The van der Waals surface area contributed by atoms with Gasteiger partial charge in [-0.25, -0.2) is 0 Å². The molecule has 4 heterocycles. The Morgan fingerprint density at radius 2 is 1.29 bits per heavy atom. The van der Waals surface area contributed by atoms with Gasteiger partial charge < -0.3 is 0 Å². The normalized spacial score (nSPS) is 13.6. The molecule has 6 nitrogen and oxygen atoms in total. The Labute approximate surface area is 336 Å². The second-order valence-electron chi connectivity index (χ2n) is 16.5. The van der Waals surface area contributed by atoms with E-state index < -0.39 is 0 Å². The summed E-state index contributed by atoms with van der Waals surface area (Å²) in [6, 6.07) is 47.8. The number of pyridine rings is 2. The van der Waals surface area contributed by atoms with Crippen molar-refractivity contribution in [1.29, 1.82) is 0 Å². The third-order valence-electron chi connectivity index (χ3n) is 10.6. The summed E-state index contributed by atoms with van der Waals surface area (Å²) in [5, 5.41) is 0. The van der Waals surface area contributed by atoms with E-state index in [-0.39, 0.29) is 25.8 Å². The minimum Gasteiger partial charge on any atom is -0.0564 e. The van der Waals surface area contributed by atoms with Gasteiger partial charge in [-0.3, -0.25) is 0 Å². The van der Waals surface area contributed by atoms with Gasteiger partial charge >= 0.3 is 241 Å². The van der Waals surface area contributed by atoms with Crippen LogP contribution in [0.1, 0.15) is 52.7 Å². The Morgan fingerprint density at radius 1 is 0.536 bits per heavy atom. The molecule has 0 bridgehead atoms. The van der Waals surface area contributed by atoms with E-state index in [0.717, 1.165) is 40.1 Å². The Hall–Kier alpha value is -5.88. The van der Waals surface area contributed by atoms with Crippen LogP contribution in [0.4, 0.5) is 39.9 Å². The van der Waals surface area contributed by atoms with Gasteiger partial charge in [-0.1, -0.05) is 63.2 Å². The molecule has 5 aromatic carbocycles. The van der Waals surface area contributed by atoms with Crippen LogP contribution in [-0.4, -0.2) is 31.6 Å². The first kappa shape index (κ1) is 35.8. The second-order valence-corrected chi connectivity index (χ2v) is 18.8. The van der Waals surface area contributed by atoms with Crippen LogP contribution in [-0.2, 0) is 10.8 Å². The molecule has 7 aromatic rings. The molecular formula is C49H45N5OSe. The molecule has 0 saturated carbocycles. The number of nitrogens with zero attached hydrogens (tertiary/aromatic N) is 5. The molecule has 278 valence electrons. The molecule has 0 spiro atoms. The summed E-state index contributed by atoms with van der Waals surface area (Å²) in [6.45, 7) is 14.2. The van der Waals surface area contributed by atoms with E-state index in [9.17, 15) is 0 Å². The Balaban J connectivity index is 1.06. The number of aromatic nitrogens is 2. The zero-order valence-corrected chi connectivity index (χ0v) is 34.4.